The molecule has 2 aromatic carbocycles. The van der Waals surface area contributed by atoms with Crippen molar-refractivity contribution in [2.75, 3.05) is 17.7 Å². The third-order valence-electron chi connectivity index (χ3n) is 4.90. The summed E-state index contributed by atoms with van der Waals surface area (Å²) in [6.07, 6.45) is 0. The summed E-state index contributed by atoms with van der Waals surface area (Å²) in [6.45, 7) is 6.30. The summed E-state index contributed by atoms with van der Waals surface area (Å²) in [5.41, 5.74) is 1.23. The fourth-order valence-corrected chi connectivity index (χ4v) is 4.31. The van der Waals surface area contributed by atoms with Gasteiger partial charge < -0.3 is 19.9 Å². The van der Waals surface area contributed by atoms with Crippen LogP contribution in [0.25, 0.3) is 0 Å². The number of esters is 1. The Balaban J connectivity index is 1.62. The molecule has 1 atom stereocenters. The van der Waals surface area contributed by atoms with Crippen molar-refractivity contribution in [3.8, 4) is 0 Å². The highest BCUT2D eigenvalue weighted by atomic mass is 35.5. The number of benzene rings is 2. The molecule has 3 aromatic rings. The van der Waals surface area contributed by atoms with Crippen LogP contribution in [0.5, 0.6) is 0 Å². The number of rotatable bonds is 10. The van der Waals surface area contributed by atoms with Gasteiger partial charge in [-0.1, -0.05) is 41.6 Å². The Labute approximate surface area is 212 Å². The van der Waals surface area contributed by atoms with Gasteiger partial charge in [-0.05, 0) is 51.1 Å². The first-order chi connectivity index (χ1) is 16.8. The van der Waals surface area contributed by atoms with E-state index in [1.807, 2.05) is 18.4 Å². The van der Waals surface area contributed by atoms with Crippen molar-refractivity contribution < 1.29 is 19.1 Å². The zero-order chi connectivity index (χ0) is 25.4. The molecule has 1 heterocycles. The third kappa shape index (κ3) is 6.83. The van der Waals surface area contributed by atoms with Gasteiger partial charge in [0.2, 0.25) is 5.91 Å². The normalized spacial score (nSPS) is 11.5. The fraction of sp³-hybridized carbons (Fsp3) is 0.292. The van der Waals surface area contributed by atoms with Crippen LogP contribution in [0, 0.1) is 0 Å². The summed E-state index contributed by atoms with van der Waals surface area (Å²) < 4.78 is 6.83. The van der Waals surface area contributed by atoms with Crippen LogP contribution in [0.4, 0.5) is 5.69 Å². The molecule has 35 heavy (non-hydrogen) atoms. The van der Waals surface area contributed by atoms with E-state index in [1.165, 1.54) is 11.8 Å². The van der Waals surface area contributed by atoms with E-state index in [-0.39, 0.29) is 24.2 Å². The lowest BCUT2D eigenvalue weighted by molar-refractivity contribution is -0.113. The molecule has 0 fully saturated rings. The van der Waals surface area contributed by atoms with Gasteiger partial charge in [-0.25, -0.2) is 4.79 Å². The molecule has 184 valence electrons. The number of nitrogens with zero attached hydrogens (tertiary/aromatic N) is 3. The summed E-state index contributed by atoms with van der Waals surface area (Å²) in [4.78, 5) is 37.0. The molecular weight excluding hydrogens is 490 g/mol. The van der Waals surface area contributed by atoms with Crippen LogP contribution < -0.4 is 10.6 Å². The lowest BCUT2D eigenvalue weighted by atomic mass is 10.2. The second kappa shape index (κ2) is 12.4. The van der Waals surface area contributed by atoms with Crippen molar-refractivity contribution in [3.05, 3.63) is 70.5 Å². The van der Waals surface area contributed by atoms with Crippen molar-refractivity contribution in [2.24, 2.45) is 0 Å². The van der Waals surface area contributed by atoms with Gasteiger partial charge >= 0.3 is 5.97 Å². The molecule has 1 aromatic heterocycles. The molecule has 0 bridgehead atoms. The molecule has 0 aliphatic carbocycles. The van der Waals surface area contributed by atoms with Crippen LogP contribution in [-0.2, 0) is 16.1 Å². The van der Waals surface area contributed by atoms with Crippen molar-refractivity contribution >= 4 is 46.8 Å². The standard InChI is InChI=1S/C24H26ClN5O4S/c1-4-30-21(15(3)26-22(32)18-11-6-7-12-19(18)25)28-29-24(30)35-14-20(31)27-17-10-8-9-16(13-17)23(33)34-5-2/h6-13,15H,4-5,14H2,1-3H3,(H,26,32)(H,27,31)/t15-/m0/s1. The van der Waals surface area contributed by atoms with Gasteiger partial charge in [0.15, 0.2) is 11.0 Å². The number of anilines is 1. The van der Waals surface area contributed by atoms with Crippen molar-refractivity contribution in [2.45, 2.75) is 38.5 Å². The number of carbonyl (C=O) groups is 3. The number of hydrogen-bond acceptors (Lipinski definition) is 7. The Morgan fingerprint density at radius 3 is 2.60 bits per heavy atom. The lowest BCUT2D eigenvalue weighted by Crippen LogP contribution is -2.29. The maximum atomic E-state index is 12.6. The van der Waals surface area contributed by atoms with Gasteiger partial charge in [0.05, 0.1) is 34.6 Å². The number of carbonyl (C=O) groups excluding carboxylic acids is 3. The highest BCUT2D eigenvalue weighted by molar-refractivity contribution is 7.99. The van der Waals surface area contributed by atoms with Crippen LogP contribution in [0.1, 0.15) is 53.4 Å². The second-order valence-electron chi connectivity index (χ2n) is 7.40. The van der Waals surface area contributed by atoms with Crippen molar-refractivity contribution in [1.29, 1.82) is 0 Å². The second-order valence-corrected chi connectivity index (χ2v) is 8.75. The van der Waals surface area contributed by atoms with Crippen LogP contribution in [-0.4, -0.2) is 44.9 Å². The zero-order valence-corrected chi connectivity index (χ0v) is 21.2. The van der Waals surface area contributed by atoms with E-state index in [0.717, 1.165) is 0 Å². The van der Waals surface area contributed by atoms with Gasteiger partial charge in [-0.2, -0.15) is 0 Å². The lowest BCUT2D eigenvalue weighted by Gasteiger charge is -2.15. The average Bonchev–Trinajstić information content (AvgIpc) is 3.26. The smallest absolute Gasteiger partial charge is 0.338 e. The zero-order valence-electron chi connectivity index (χ0n) is 19.6. The predicted molar refractivity (Wildman–Crippen MR) is 135 cm³/mol. The van der Waals surface area contributed by atoms with Crippen molar-refractivity contribution in [1.82, 2.24) is 20.1 Å². The number of halogens is 1. The minimum atomic E-state index is -0.447. The van der Waals surface area contributed by atoms with E-state index < -0.39 is 12.0 Å². The van der Waals surface area contributed by atoms with E-state index in [1.54, 1.807) is 55.5 Å². The SMILES string of the molecule is CCOC(=O)c1cccc(NC(=O)CSc2nnc([C@H](C)NC(=O)c3ccccc3Cl)n2CC)c1. The minimum absolute atomic E-state index is 0.0854. The summed E-state index contributed by atoms with van der Waals surface area (Å²) in [5.74, 6) is -0.367. The third-order valence-corrected chi connectivity index (χ3v) is 6.20. The quantitative estimate of drug-likeness (QED) is 0.304. The average molecular weight is 516 g/mol. The maximum absolute atomic E-state index is 12.6. The van der Waals surface area contributed by atoms with Gasteiger partial charge in [-0.15, -0.1) is 10.2 Å². The van der Waals surface area contributed by atoms with E-state index in [0.29, 0.717) is 39.4 Å². The summed E-state index contributed by atoms with van der Waals surface area (Å²) in [7, 11) is 0. The molecule has 2 N–H and O–H groups in total. The topological polar surface area (TPSA) is 115 Å². The molecule has 0 radical (unpaired) electrons. The number of nitrogens with one attached hydrogen (secondary N) is 2. The van der Waals surface area contributed by atoms with Crippen LogP contribution in [0.15, 0.2) is 53.7 Å². The number of aromatic nitrogens is 3. The first-order valence-electron chi connectivity index (χ1n) is 11.0. The predicted octanol–water partition coefficient (Wildman–Crippen LogP) is 4.35. The highest BCUT2D eigenvalue weighted by Gasteiger charge is 2.21. The molecule has 0 saturated carbocycles. The molecule has 0 saturated heterocycles. The highest BCUT2D eigenvalue weighted by Crippen LogP contribution is 2.22. The fourth-order valence-electron chi connectivity index (χ4n) is 3.27. The van der Waals surface area contributed by atoms with E-state index in [4.69, 9.17) is 16.3 Å². The Morgan fingerprint density at radius 1 is 1.11 bits per heavy atom. The molecule has 0 aliphatic rings. The van der Waals surface area contributed by atoms with Gasteiger partial charge in [0, 0.05) is 12.2 Å². The Bertz CT molecular complexity index is 1220. The number of hydrogen-bond donors (Lipinski definition) is 2. The number of thioether (sulfide) groups is 1. The monoisotopic (exact) mass is 515 g/mol. The Morgan fingerprint density at radius 2 is 1.89 bits per heavy atom. The van der Waals surface area contributed by atoms with Crippen LogP contribution >= 0.6 is 23.4 Å². The van der Waals surface area contributed by atoms with Crippen LogP contribution in [0.2, 0.25) is 5.02 Å². The number of ether oxygens (including phenoxy) is 1. The molecule has 0 aliphatic heterocycles. The van der Waals surface area contributed by atoms with Gasteiger partial charge in [0.1, 0.15) is 0 Å². The Hall–Kier alpha value is -3.37. The Kier molecular flexibility index (Phi) is 9.27. The first kappa shape index (κ1) is 26.2. The first-order valence-corrected chi connectivity index (χ1v) is 12.4. The molecule has 0 spiro atoms. The molecule has 9 nitrogen and oxygen atoms in total. The van der Waals surface area contributed by atoms with Gasteiger partial charge in [0.25, 0.3) is 5.91 Å². The van der Waals surface area contributed by atoms with E-state index >= 15 is 0 Å². The molecule has 0 unspecified atom stereocenters. The van der Waals surface area contributed by atoms with Crippen LogP contribution in [0.3, 0.4) is 0 Å². The largest absolute Gasteiger partial charge is 0.462 e. The van der Waals surface area contributed by atoms with Crippen molar-refractivity contribution in [3.63, 3.8) is 0 Å². The number of amides is 2. The maximum Gasteiger partial charge on any atom is 0.338 e. The molecule has 2 amide bonds. The van der Waals surface area contributed by atoms with E-state index in [2.05, 4.69) is 20.8 Å². The minimum Gasteiger partial charge on any atom is -0.462 e. The summed E-state index contributed by atoms with van der Waals surface area (Å²) >= 11 is 7.35. The molecular formula is C24H26ClN5O4S. The summed E-state index contributed by atoms with van der Waals surface area (Å²) in [5, 5.41) is 15.0. The summed E-state index contributed by atoms with van der Waals surface area (Å²) in [6, 6.07) is 12.9. The molecule has 3 rings (SSSR count). The van der Waals surface area contributed by atoms with Gasteiger partial charge in [-0.3, -0.25) is 9.59 Å². The molecule has 11 heteroatoms. The van der Waals surface area contributed by atoms with E-state index in [9.17, 15) is 14.4 Å².